The standard InChI is InChI=1S/C15H28N4/c1-4-12(3)10-18(5-2)14(8-16)15-9-17-11-19(15)13-6-7-13/h9,11-14H,4-8,10,16H2,1-3H3. The Morgan fingerprint density at radius 1 is 1.47 bits per heavy atom. The SMILES string of the molecule is CCC(C)CN(CC)C(CN)c1cncn1C1CC1. The van der Waals surface area contributed by atoms with Crippen LogP contribution in [0.2, 0.25) is 0 Å². The van der Waals surface area contributed by atoms with Crippen LogP contribution in [-0.4, -0.2) is 34.1 Å². The van der Waals surface area contributed by atoms with Crippen molar-refractivity contribution >= 4 is 0 Å². The fraction of sp³-hybridized carbons (Fsp3) is 0.800. The second kappa shape index (κ2) is 6.53. The summed E-state index contributed by atoms with van der Waals surface area (Å²) in [7, 11) is 0. The number of hydrogen-bond acceptors (Lipinski definition) is 3. The van der Waals surface area contributed by atoms with Gasteiger partial charge in [0, 0.05) is 25.3 Å². The van der Waals surface area contributed by atoms with Gasteiger partial charge in [0.15, 0.2) is 0 Å². The van der Waals surface area contributed by atoms with E-state index in [4.69, 9.17) is 5.73 Å². The van der Waals surface area contributed by atoms with Gasteiger partial charge in [0.05, 0.1) is 18.1 Å². The van der Waals surface area contributed by atoms with E-state index in [1.165, 1.54) is 25.0 Å². The molecule has 1 heterocycles. The van der Waals surface area contributed by atoms with E-state index in [0.717, 1.165) is 13.1 Å². The summed E-state index contributed by atoms with van der Waals surface area (Å²) in [5.74, 6) is 0.714. The highest BCUT2D eigenvalue weighted by molar-refractivity contribution is 5.10. The minimum Gasteiger partial charge on any atom is -0.330 e. The molecule has 2 N–H and O–H groups in total. The minimum absolute atomic E-state index is 0.307. The molecule has 0 spiro atoms. The molecule has 1 aliphatic carbocycles. The van der Waals surface area contributed by atoms with Gasteiger partial charge in [0.2, 0.25) is 0 Å². The topological polar surface area (TPSA) is 47.1 Å². The Morgan fingerprint density at radius 3 is 2.74 bits per heavy atom. The van der Waals surface area contributed by atoms with Crippen LogP contribution in [0.4, 0.5) is 0 Å². The van der Waals surface area contributed by atoms with Crippen molar-refractivity contribution in [1.29, 1.82) is 0 Å². The number of aromatic nitrogens is 2. The molecule has 0 aromatic carbocycles. The fourth-order valence-electron chi connectivity index (χ4n) is 2.69. The summed E-state index contributed by atoms with van der Waals surface area (Å²) >= 11 is 0. The van der Waals surface area contributed by atoms with Crippen molar-refractivity contribution in [2.75, 3.05) is 19.6 Å². The molecular formula is C15H28N4. The van der Waals surface area contributed by atoms with Crippen molar-refractivity contribution < 1.29 is 0 Å². The molecule has 4 heteroatoms. The summed E-state index contributed by atoms with van der Waals surface area (Å²) in [5.41, 5.74) is 7.37. The zero-order valence-electron chi connectivity index (χ0n) is 12.5. The van der Waals surface area contributed by atoms with Crippen LogP contribution in [0.15, 0.2) is 12.5 Å². The first-order valence-corrected chi connectivity index (χ1v) is 7.67. The van der Waals surface area contributed by atoms with E-state index < -0.39 is 0 Å². The molecule has 1 fully saturated rings. The summed E-state index contributed by atoms with van der Waals surface area (Å²) in [4.78, 5) is 6.85. The maximum absolute atomic E-state index is 6.06. The number of imidazole rings is 1. The van der Waals surface area contributed by atoms with Crippen molar-refractivity contribution in [3.8, 4) is 0 Å². The van der Waals surface area contributed by atoms with Crippen LogP contribution in [0.5, 0.6) is 0 Å². The van der Waals surface area contributed by atoms with Crippen LogP contribution in [0.25, 0.3) is 0 Å². The van der Waals surface area contributed by atoms with Gasteiger partial charge in [-0.15, -0.1) is 0 Å². The number of nitrogens with two attached hydrogens (primary N) is 1. The van der Waals surface area contributed by atoms with Gasteiger partial charge in [-0.2, -0.15) is 0 Å². The van der Waals surface area contributed by atoms with Gasteiger partial charge in [-0.05, 0) is 25.3 Å². The first kappa shape index (κ1) is 14.5. The lowest BCUT2D eigenvalue weighted by Gasteiger charge is -2.32. The Labute approximate surface area is 117 Å². The second-order valence-corrected chi connectivity index (χ2v) is 5.81. The first-order valence-electron chi connectivity index (χ1n) is 7.67. The average molecular weight is 264 g/mol. The normalized spacial score (nSPS) is 18.8. The Hall–Kier alpha value is -0.870. The molecule has 0 saturated heterocycles. The maximum atomic E-state index is 6.06. The number of rotatable bonds is 8. The van der Waals surface area contributed by atoms with Crippen LogP contribution in [-0.2, 0) is 0 Å². The molecule has 2 atom stereocenters. The Kier molecular flexibility index (Phi) is 4.99. The molecule has 0 bridgehead atoms. The van der Waals surface area contributed by atoms with Crippen LogP contribution < -0.4 is 5.73 Å². The lowest BCUT2D eigenvalue weighted by atomic mass is 10.1. The van der Waals surface area contributed by atoms with Crippen molar-refractivity contribution in [1.82, 2.24) is 14.5 Å². The Balaban J connectivity index is 2.14. The Morgan fingerprint density at radius 2 is 2.21 bits per heavy atom. The molecule has 19 heavy (non-hydrogen) atoms. The number of hydrogen-bond donors (Lipinski definition) is 1. The predicted molar refractivity (Wildman–Crippen MR) is 79.0 cm³/mol. The molecule has 0 amide bonds. The second-order valence-electron chi connectivity index (χ2n) is 5.81. The summed E-state index contributed by atoms with van der Waals surface area (Å²) in [6.07, 6.45) is 7.79. The van der Waals surface area contributed by atoms with Crippen molar-refractivity contribution in [3.63, 3.8) is 0 Å². The van der Waals surface area contributed by atoms with E-state index in [-0.39, 0.29) is 0 Å². The van der Waals surface area contributed by atoms with Gasteiger partial charge in [0.25, 0.3) is 0 Å². The van der Waals surface area contributed by atoms with Crippen LogP contribution in [0.1, 0.15) is 57.8 Å². The third-order valence-corrected chi connectivity index (χ3v) is 4.29. The highest BCUT2D eigenvalue weighted by atomic mass is 15.2. The van der Waals surface area contributed by atoms with Crippen LogP contribution in [0.3, 0.4) is 0 Å². The molecule has 4 nitrogen and oxygen atoms in total. The van der Waals surface area contributed by atoms with Gasteiger partial charge >= 0.3 is 0 Å². The molecular weight excluding hydrogens is 236 g/mol. The van der Waals surface area contributed by atoms with Gasteiger partial charge < -0.3 is 10.3 Å². The summed E-state index contributed by atoms with van der Waals surface area (Å²) < 4.78 is 2.34. The zero-order chi connectivity index (χ0) is 13.8. The third-order valence-electron chi connectivity index (χ3n) is 4.29. The van der Waals surface area contributed by atoms with Crippen LogP contribution >= 0.6 is 0 Å². The molecule has 1 saturated carbocycles. The highest BCUT2D eigenvalue weighted by Gasteiger charge is 2.29. The summed E-state index contributed by atoms with van der Waals surface area (Å²) in [6.45, 7) is 9.62. The van der Waals surface area contributed by atoms with Gasteiger partial charge in [0.1, 0.15) is 0 Å². The monoisotopic (exact) mass is 264 g/mol. The average Bonchev–Trinajstić information content (AvgIpc) is 3.17. The van der Waals surface area contributed by atoms with E-state index in [1.807, 2.05) is 12.5 Å². The summed E-state index contributed by atoms with van der Waals surface area (Å²) in [6, 6.07) is 0.982. The number of nitrogens with zero attached hydrogens (tertiary/aromatic N) is 3. The smallest absolute Gasteiger partial charge is 0.0951 e. The zero-order valence-corrected chi connectivity index (χ0v) is 12.5. The van der Waals surface area contributed by atoms with E-state index >= 15 is 0 Å². The van der Waals surface area contributed by atoms with Gasteiger partial charge in [-0.3, -0.25) is 4.90 Å². The molecule has 1 aliphatic rings. The molecule has 1 aromatic heterocycles. The maximum Gasteiger partial charge on any atom is 0.0951 e. The number of likely N-dealkylation sites (N-methyl/N-ethyl adjacent to an activating group) is 1. The molecule has 2 rings (SSSR count). The molecule has 108 valence electrons. The van der Waals surface area contributed by atoms with Gasteiger partial charge in [-0.1, -0.05) is 27.2 Å². The predicted octanol–water partition coefficient (Wildman–Crippen LogP) is 2.59. The van der Waals surface area contributed by atoms with E-state index in [1.54, 1.807) is 0 Å². The largest absolute Gasteiger partial charge is 0.330 e. The van der Waals surface area contributed by atoms with Crippen molar-refractivity contribution in [3.05, 3.63) is 18.2 Å². The van der Waals surface area contributed by atoms with Crippen molar-refractivity contribution in [2.45, 2.75) is 52.1 Å². The van der Waals surface area contributed by atoms with Crippen molar-refractivity contribution in [2.24, 2.45) is 11.7 Å². The quantitative estimate of drug-likeness (QED) is 0.785. The van der Waals surface area contributed by atoms with E-state index in [0.29, 0.717) is 24.5 Å². The van der Waals surface area contributed by atoms with Gasteiger partial charge in [-0.25, -0.2) is 4.98 Å². The lowest BCUT2D eigenvalue weighted by molar-refractivity contribution is 0.176. The molecule has 0 aliphatic heterocycles. The van der Waals surface area contributed by atoms with E-state index in [2.05, 4.69) is 35.2 Å². The lowest BCUT2D eigenvalue weighted by Crippen LogP contribution is -2.37. The first-order chi connectivity index (χ1) is 9.21. The fourth-order valence-corrected chi connectivity index (χ4v) is 2.69. The molecule has 1 aromatic rings. The van der Waals surface area contributed by atoms with Crippen LogP contribution in [0, 0.1) is 5.92 Å². The minimum atomic E-state index is 0.307. The third kappa shape index (κ3) is 3.37. The highest BCUT2D eigenvalue weighted by Crippen LogP contribution is 2.37. The van der Waals surface area contributed by atoms with E-state index in [9.17, 15) is 0 Å². The molecule has 0 radical (unpaired) electrons. The molecule has 2 unspecified atom stereocenters. The Bertz CT molecular complexity index is 383. The summed E-state index contributed by atoms with van der Waals surface area (Å²) in [5, 5.41) is 0.